The highest BCUT2D eigenvalue weighted by atomic mass is 32.1. The maximum absolute atomic E-state index is 12.0. The van der Waals surface area contributed by atoms with E-state index < -0.39 is 0 Å². The molecule has 0 aromatic heterocycles. The molecule has 0 bridgehead atoms. The van der Waals surface area contributed by atoms with Gasteiger partial charge < -0.3 is 4.74 Å². The van der Waals surface area contributed by atoms with Crippen LogP contribution < -0.4 is 0 Å². The van der Waals surface area contributed by atoms with Crippen LogP contribution in [0.15, 0.2) is 11.6 Å². The minimum Gasteiger partial charge on any atom is -0.458 e. The Kier molecular flexibility index (Phi) is 3.60. The van der Waals surface area contributed by atoms with E-state index in [0.29, 0.717) is 41.6 Å². The van der Waals surface area contributed by atoms with Crippen LogP contribution in [0.1, 0.15) is 71.6 Å². The van der Waals surface area contributed by atoms with Gasteiger partial charge >= 0.3 is 5.97 Å². The molecule has 4 heteroatoms. The Morgan fingerprint density at radius 3 is 2.54 bits per heavy atom. The van der Waals surface area contributed by atoms with Crippen LogP contribution in [0.25, 0.3) is 0 Å². The first-order chi connectivity index (χ1) is 12.3. The molecule has 1 heterocycles. The summed E-state index contributed by atoms with van der Waals surface area (Å²) >= 11 is 5.07. The molecule has 5 rings (SSSR count). The Morgan fingerprint density at radius 2 is 1.81 bits per heavy atom. The molecular formula is C22H30O3S. The van der Waals surface area contributed by atoms with Crippen molar-refractivity contribution in [3.05, 3.63) is 11.6 Å². The van der Waals surface area contributed by atoms with Crippen LogP contribution in [0.2, 0.25) is 0 Å². The lowest BCUT2D eigenvalue weighted by atomic mass is 9.46. The average Bonchev–Trinajstić information content (AvgIpc) is 3.11. The van der Waals surface area contributed by atoms with Crippen molar-refractivity contribution in [2.45, 2.75) is 82.5 Å². The normalized spacial score (nSPS) is 53.0. The van der Waals surface area contributed by atoms with Crippen LogP contribution in [0, 0.1) is 28.6 Å². The number of carbonyl (C=O) groups excluding carboxylic acids is 2. The van der Waals surface area contributed by atoms with E-state index in [1.165, 1.54) is 12.0 Å². The van der Waals surface area contributed by atoms with Crippen molar-refractivity contribution in [2.24, 2.45) is 28.6 Å². The Morgan fingerprint density at radius 1 is 1.04 bits per heavy atom. The van der Waals surface area contributed by atoms with E-state index in [-0.39, 0.29) is 22.4 Å². The van der Waals surface area contributed by atoms with Gasteiger partial charge in [0, 0.05) is 23.5 Å². The topological polar surface area (TPSA) is 43.4 Å². The van der Waals surface area contributed by atoms with Gasteiger partial charge in [-0.2, -0.15) is 12.6 Å². The molecule has 1 aliphatic heterocycles. The molecule has 1 spiro atoms. The quantitative estimate of drug-likeness (QED) is 0.501. The van der Waals surface area contributed by atoms with Gasteiger partial charge in [0.05, 0.1) is 0 Å². The highest BCUT2D eigenvalue weighted by Crippen LogP contribution is 2.70. The number of allylic oxidation sites excluding steroid dienone is 1. The summed E-state index contributed by atoms with van der Waals surface area (Å²) in [5.41, 5.74) is 1.41. The van der Waals surface area contributed by atoms with Crippen molar-refractivity contribution in [1.29, 1.82) is 0 Å². The maximum Gasteiger partial charge on any atom is 0.306 e. The molecule has 0 aromatic rings. The fraction of sp³-hybridized carbons (Fsp3) is 0.818. The first-order valence-electron chi connectivity index (χ1n) is 10.4. The van der Waals surface area contributed by atoms with E-state index in [0.717, 1.165) is 38.5 Å². The zero-order valence-corrected chi connectivity index (χ0v) is 16.8. The summed E-state index contributed by atoms with van der Waals surface area (Å²) in [5, 5.41) is 0.321. The van der Waals surface area contributed by atoms with E-state index >= 15 is 0 Å². The Bertz CT molecular complexity index is 714. The van der Waals surface area contributed by atoms with Crippen molar-refractivity contribution in [1.82, 2.24) is 0 Å². The second-order valence-electron chi connectivity index (χ2n) is 10.1. The molecule has 0 aromatic carbocycles. The monoisotopic (exact) mass is 374 g/mol. The average molecular weight is 375 g/mol. The molecule has 3 nitrogen and oxygen atoms in total. The first kappa shape index (κ1) is 17.3. The van der Waals surface area contributed by atoms with Crippen molar-refractivity contribution in [2.75, 3.05) is 0 Å². The summed E-state index contributed by atoms with van der Waals surface area (Å²) in [4.78, 5) is 24.0. The van der Waals surface area contributed by atoms with Crippen LogP contribution in [0.4, 0.5) is 0 Å². The van der Waals surface area contributed by atoms with Gasteiger partial charge in [-0.1, -0.05) is 19.4 Å². The highest BCUT2D eigenvalue weighted by Gasteiger charge is 2.68. The second kappa shape index (κ2) is 5.40. The predicted molar refractivity (Wildman–Crippen MR) is 103 cm³/mol. The largest absolute Gasteiger partial charge is 0.458 e. The van der Waals surface area contributed by atoms with Gasteiger partial charge in [0.2, 0.25) is 0 Å². The minimum atomic E-state index is -0.216. The number of rotatable bonds is 0. The number of carbonyl (C=O) groups is 2. The molecule has 26 heavy (non-hydrogen) atoms. The van der Waals surface area contributed by atoms with Gasteiger partial charge in [0.25, 0.3) is 0 Å². The van der Waals surface area contributed by atoms with Gasteiger partial charge in [-0.15, -0.1) is 0 Å². The predicted octanol–water partition coefficient (Wildman–Crippen LogP) is 4.50. The number of ether oxygens (including phenoxy) is 1. The third-order valence-electron chi connectivity index (χ3n) is 9.32. The van der Waals surface area contributed by atoms with E-state index in [2.05, 4.69) is 13.8 Å². The molecule has 5 aliphatic rings. The summed E-state index contributed by atoms with van der Waals surface area (Å²) in [6, 6.07) is 0. The molecular weight excluding hydrogens is 344 g/mol. The maximum atomic E-state index is 12.0. The number of thiol groups is 1. The fourth-order valence-corrected chi connectivity index (χ4v) is 8.44. The summed E-state index contributed by atoms with van der Waals surface area (Å²) in [6.07, 6.45) is 10.6. The van der Waals surface area contributed by atoms with Gasteiger partial charge in [-0.3, -0.25) is 9.59 Å². The lowest BCUT2D eigenvalue weighted by Crippen LogP contribution is -2.57. The van der Waals surface area contributed by atoms with E-state index in [4.69, 9.17) is 17.4 Å². The molecule has 4 aliphatic carbocycles. The summed E-state index contributed by atoms with van der Waals surface area (Å²) in [6.45, 7) is 4.81. The fourth-order valence-electron chi connectivity index (χ4n) is 7.82. The summed E-state index contributed by atoms with van der Waals surface area (Å²) in [5.74, 6) is 2.08. The van der Waals surface area contributed by atoms with Crippen molar-refractivity contribution >= 4 is 24.4 Å². The Balaban J connectivity index is 1.53. The molecule has 142 valence electrons. The number of fused-ring (bicyclic) bond motifs is 6. The molecule has 0 amide bonds. The molecule has 0 N–H and O–H groups in total. The highest BCUT2D eigenvalue weighted by molar-refractivity contribution is 7.81. The lowest BCUT2D eigenvalue weighted by molar-refractivity contribution is -0.167. The van der Waals surface area contributed by atoms with Crippen molar-refractivity contribution in [3.8, 4) is 0 Å². The molecule has 1 saturated heterocycles. The lowest BCUT2D eigenvalue weighted by Gasteiger charge is -2.60. The van der Waals surface area contributed by atoms with Gasteiger partial charge in [-0.25, -0.2) is 0 Å². The molecule has 4 fully saturated rings. The third kappa shape index (κ3) is 2.03. The standard InChI is InChI=1S/C22H30O3S/c1-20-7-3-14(23)11-13(20)12-17(26)19-15(20)4-8-21(2)16(19)5-9-22(21)10-6-18(24)25-22/h11,15-17,19,26H,3-10,12H2,1-2H3/t15-,16-,17+,19+,20-,21-,22-/m0/s1. The van der Waals surface area contributed by atoms with Crippen LogP contribution >= 0.6 is 12.6 Å². The van der Waals surface area contributed by atoms with Crippen LogP contribution in [0.3, 0.4) is 0 Å². The summed E-state index contributed by atoms with van der Waals surface area (Å²) in [7, 11) is 0. The van der Waals surface area contributed by atoms with E-state index in [9.17, 15) is 9.59 Å². The van der Waals surface area contributed by atoms with Crippen LogP contribution in [0.5, 0.6) is 0 Å². The molecule has 7 atom stereocenters. The third-order valence-corrected chi connectivity index (χ3v) is 9.84. The Labute approximate surface area is 161 Å². The zero-order chi connectivity index (χ0) is 18.3. The summed E-state index contributed by atoms with van der Waals surface area (Å²) < 4.78 is 6.02. The number of esters is 1. The molecule has 0 radical (unpaired) electrons. The number of hydrogen-bond acceptors (Lipinski definition) is 4. The van der Waals surface area contributed by atoms with Crippen LogP contribution in [-0.2, 0) is 14.3 Å². The Hall–Kier alpha value is -0.770. The number of hydrogen-bond donors (Lipinski definition) is 1. The number of ketones is 1. The van der Waals surface area contributed by atoms with Crippen LogP contribution in [-0.4, -0.2) is 22.6 Å². The zero-order valence-electron chi connectivity index (χ0n) is 15.9. The van der Waals surface area contributed by atoms with Crippen molar-refractivity contribution < 1.29 is 14.3 Å². The minimum absolute atomic E-state index is 0.00282. The van der Waals surface area contributed by atoms with Gasteiger partial charge in [0.15, 0.2) is 5.78 Å². The van der Waals surface area contributed by atoms with Gasteiger partial charge in [0.1, 0.15) is 5.60 Å². The molecule has 3 saturated carbocycles. The van der Waals surface area contributed by atoms with Crippen molar-refractivity contribution in [3.63, 3.8) is 0 Å². The van der Waals surface area contributed by atoms with E-state index in [1.807, 2.05) is 6.08 Å². The SMILES string of the molecule is C[C@]12CCC(=O)C=C1C[C@@H](S)[C@@H]1[C@@H]2CC[C@@]2(C)[C@H]1CC[C@]21CCC(=O)O1. The van der Waals surface area contributed by atoms with Gasteiger partial charge in [-0.05, 0) is 74.2 Å². The smallest absolute Gasteiger partial charge is 0.306 e. The molecule has 0 unspecified atom stereocenters. The van der Waals surface area contributed by atoms with E-state index in [1.54, 1.807) is 0 Å². The first-order valence-corrected chi connectivity index (χ1v) is 10.9. The second-order valence-corrected chi connectivity index (χ2v) is 10.7.